The van der Waals surface area contributed by atoms with Crippen LogP contribution in [-0.2, 0) is 15.8 Å². The van der Waals surface area contributed by atoms with Crippen LogP contribution >= 0.6 is 11.3 Å². The fraction of sp³-hybridized carbons (Fsp3) is 0.375. The van der Waals surface area contributed by atoms with E-state index in [-0.39, 0.29) is 11.8 Å². The number of nitrogens with zero attached hydrogens (tertiary/aromatic N) is 1. The summed E-state index contributed by atoms with van der Waals surface area (Å²) in [5.41, 5.74) is 1.84. The number of benzene rings is 1. The monoisotopic (exact) mass is 338 g/mol. The molecule has 0 amide bonds. The Morgan fingerprint density at radius 1 is 1.18 bits per heavy atom. The molecule has 1 heterocycles. The Morgan fingerprint density at radius 2 is 1.91 bits per heavy atom. The van der Waals surface area contributed by atoms with Gasteiger partial charge in [-0.2, -0.15) is 0 Å². The van der Waals surface area contributed by atoms with Gasteiger partial charge >= 0.3 is 0 Å². The summed E-state index contributed by atoms with van der Waals surface area (Å²) in [6.07, 6.45) is 0. The molecule has 0 bridgehead atoms. The molecule has 1 aromatic carbocycles. The average molecular weight is 338 g/mol. The third kappa shape index (κ3) is 4.64. The number of aryl methyl sites for hydroxylation is 1. The van der Waals surface area contributed by atoms with E-state index in [1.165, 1.54) is 0 Å². The molecule has 1 aromatic heterocycles. The molecule has 6 heteroatoms. The van der Waals surface area contributed by atoms with Crippen molar-refractivity contribution < 1.29 is 8.42 Å². The van der Waals surface area contributed by atoms with E-state index >= 15 is 0 Å². The van der Waals surface area contributed by atoms with Crippen LogP contribution in [0.1, 0.15) is 22.0 Å². The molecule has 0 aliphatic heterocycles. The second kappa shape index (κ2) is 7.37. The molecule has 0 aliphatic rings. The van der Waals surface area contributed by atoms with Crippen molar-refractivity contribution >= 4 is 21.4 Å². The van der Waals surface area contributed by atoms with Crippen molar-refractivity contribution in [1.29, 1.82) is 0 Å². The lowest BCUT2D eigenvalue weighted by Gasteiger charge is -2.23. The van der Waals surface area contributed by atoms with Gasteiger partial charge in [-0.1, -0.05) is 30.3 Å². The van der Waals surface area contributed by atoms with Crippen molar-refractivity contribution in [2.45, 2.75) is 18.7 Å². The van der Waals surface area contributed by atoms with Gasteiger partial charge in [0.15, 0.2) is 0 Å². The Bertz CT molecular complexity index is 695. The van der Waals surface area contributed by atoms with E-state index in [2.05, 4.69) is 4.72 Å². The van der Waals surface area contributed by atoms with Crippen molar-refractivity contribution in [3.8, 4) is 0 Å². The minimum Gasteiger partial charge on any atom is -0.300 e. The van der Waals surface area contributed by atoms with Gasteiger partial charge in [-0.15, -0.1) is 11.3 Å². The second-order valence-electron chi connectivity index (χ2n) is 5.53. The largest absolute Gasteiger partial charge is 0.300 e. The summed E-state index contributed by atoms with van der Waals surface area (Å²) in [5, 5.41) is 2.01. The molecule has 4 nitrogen and oxygen atoms in total. The lowest BCUT2D eigenvalue weighted by Crippen LogP contribution is -2.34. The van der Waals surface area contributed by atoms with Gasteiger partial charge in [0.1, 0.15) is 0 Å². The van der Waals surface area contributed by atoms with Gasteiger partial charge in [0.05, 0.1) is 11.8 Å². The van der Waals surface area contributed by atoms with Crippen molar-refractivity contribution in [2.75, 3.05) is 20.6 Å². The highest BCUT2D eigenvalue weighted by atomic mass is 32.2. The van der Waals surface area contributed by atoms with E-state index in [0.29, 0.717) is 6.54 Å². The first-order valence-corrected chi connectivity index (χ1v) is 9.64. The molecule has 120 valence electrons. The maximum Gasteiger partial charge on any atom is 0.215 e. The number of nitrogens with one attached hydrogen (secondary N) is 1. The molecule has 1 N–H and O–H groups in total. The Hall–Kier alpha value is -1.21. The predicted molar refractivity (Wildman–Crippen MR) is 92.6 cm³/mol. The average Bonchev–Trinajstić information content (AvgIpc) is 2.95. The van der Waals surface area contributed by atoms with Crippen LogP contribution in [0.3, 0.4) is 0 Å². The van der Waals surface area contributed by atoms with E-state index in [4.69, 9.17) is 0 Å². The van der Waals surface area contributed by atoms with E-state index in [1.54, 1.807) is 11.3 Å². The molecule has 2 aromatic rings. The normalized spacial score (nSPS) is 13.5. The lowest BCUT2D eigenvalue weighted by molar-refractivity contribution is 0.303. The summed E-state index contributed by atoms with van der Waals surface area (Å²) in [4.78, 5) is 3.19. The summed E-state index contributed by atoms with van der Waals surface area (Å²) < 4.78 is 27.4. The third-order valence-corrected chi connectivity index (χ3v) is 5.87. The first-order valence-electron chi connectivity index (χ1n) is 7.11. The standard InChI is InChI=1S/C16H22N2O2S2/c1-13-7-4-5-8-14(13)12-22(19,20)17-11-15(18(2)3)16-9-6-10-21-16/h4-10,15,17H,11-12H2,1-3H3. The van der Waals surface area contributed by atoms with E-state index in [1.807, 2.05) is 67.7 Å². The fourth-order valence-corrected chi connectivity index (χ4v) is 4.42. The summed E-state index contributed by atoms with van der Waals surface area (Å²) in [5.74, 6) is 0.0181. The smallest absolute Gasteiger partial charge is 0.215 e. The number of hydrogen-bond acceptors (Lipinski definition) is 4. The quantitative estimate of drug-likeness (QED) is 0.844. The number of sulfonamides is 1. The minimum absolute atomic E-state index is 0.0181. The summed E-state index contributed by atoms with van der Waals surface area (Å²) in [6, 6.07) is 11.6. The zero-order valence-corrected chi connectivity index (χ0v) is 14.7. The molecule has 0 saturated carbocycles. The van der Waals surface area contributed by atoms with Crippen LogP contribution in [0.15, 0.2) is 41.8 Å². The molecule has 0 aliphatic carbocycles. The van der Waals surface area contributed by atoms with Gasteiger partial charge in [-0.25, -0.2) is 13.1 Å². The van der Waals surface area contributed by atoms with Gasteiger partial charge < -0.3 is 4.90 Å². The SMILES string of the molecule is Cc1ccccc1CS(=O)(=O)NCC(c1cccs1)N(C)C. The topological polar surface area (TPSA) is 49.4 Å². The number of hydrogen-bond donors (Lipinski definition) is 1. The Labute approximate surface area is 136 Å². The molecule has 2 rings (SSSR count). The summed E-state index contributed by atoms with van der Waals surface area (Å²) in [7, 11) is 0.568. The summed E-state index contributed by atoms with van der Waals surface area (Å²) >= 11 is 1.64. The molecule has 0 radical (unpaired) electrons. The van der Waals surface area contributed by atoms with Crippen molar-refractivity contribution in [3.63, 3.8) is 0 Å². The number of likely N-dealkylation sites (N-methyl/N-ethyl adjacent to an activating group) is 1. The minimum atomic E-state index is -3.35. The predicted octanol–water partition coefficient (Wildman–Crippen LogP) is 2.78. The van der Waals surface area contributed by atoms with Crippen LogP contribution in [-0.4, -0.2) is 34.0 Å². The van der Waals surface area contributed by atoms with Crippen LogP contribution in [0.5, 0.6) is 0 Å². The molecular weight excluding hydrogens is 316 g/mol. The maximum atomic E-state index is 12.3. The number of thiophene rings is 1. The first-order chi connectivity index (χ1) is 10.4. The fourth-order valence-electron chi connectivity index (χ4n) is 2.25. The molecule has 1 unspecified atom stereocenters. The molecule has 1 atom stereocenters. The van der Waals surface area contributed by atoms with Gasteiger partial charge in [0, 0.05) is 11.4 Å². The van der Waals surface area contributed by atoms with E-state index in [9.17, 15) is 8.42 Å². The van der Waals surface area contributed by atoms with Gasteiger partial charge in [-0.05, 0) is 43.6 Å². The molecule has 22 heavy (non-hydrogen) atoms. The van der Waals surface area contributed by atoms with Crippen LogP contribution in [0.4, 0.5) is 0 Å². The van der Waals surface area contributed by atoms with Gasteiger partial charge in [0.2, 0.25) is 10.0 Å². The van der Waals surface area contributed by atoms with Crippen LogP contribution in [0.2, 0.25) is 0 Å². The van der Waals surface area contributed by atoms with Crippen molar-refractivity contribution in [2.24, 2.45) is 0 Å². The van der Waals surface area contributed by atoms with Crippen LogP contribution < -0.4 is 4.72 Å². The Balaban J connectivity index is 2.04. The first kappa shape index (κ1) is 17.1. The van der Waals surface area contributed by atoms with Crippen LogP contribution in [0.25, 0.3) is 0 Å². The second-order valence-corrected chi connectivity index (χ2v) is 8.31. The lowest BCUT2D eigenvalue weighted by atomic mass is 10.1. The van der Waals surface area contributed by atoms with Gasteiger partial charge in [0.25, 0.3) is 0 Å². The molecule has 0 saturated heterocycles. The highest BCUT2D eigenvalue weighted by Gasteiger charge is 2.19. The zero-order chi connectivity index (χ0) is 16.2. The maximum absolute atomic E-state index is 12.3. The van der Waals surface area contributed by atoms with E-state index < -0.39 is 10.0 Å². The van der Waals surface area contributed by atoms with Crippen LogP contribution in [0, 0.1) is 6.92 Å². The molecule has 0 fully saturated rings. The summed E-state index contributed by atoms with van der Waals surface area (Å²) in [6.45, 7) is 2.31. The highest BCUT2D eigenvalue weighted by Crippen LogP contribution is 2.22. The van der Waals surface area contributed by atoms with E-state index in [0.717, 1.165) is 16.0 Å². The Kier molecular flexibility index (Phi) is 5.74. The molecule has 0 spiro atoms. The number of rotatable bonds is 7. The highest BCUT2D eigenvalue weighted by molar-refractivity contribution is 7.88. The van der Waals surface area contributed by atoms with Crippen molar-refractivity contribution in [1.82, 2.24) is 9.62 Å². The van der Waals surface area contributed by atoms with Crippen molar-refractivity contribution in [3.05, 3.63) is 57.8 Å². The zero-order valence-electron chi connectivity index (χ0n) is 13.1. The molecular formula is C16H22N2O2S2. The Morgan fingerprint density at radius 3 is 2.50 bits per heavy atom. The third-order valence-electron chi connectivity index (χ3n) is 3.60. The van der Waals surface area contributed by atoms with Gasteiger partial charge in [-0.3, -0.25) is 0 Å².